The quantitative estimate of drug-likeness (QED) is 0.590. The number of rotatable bonds is 2. The highest BCUT2D eigenvalue weighted by Gasteiger charge is 2.07. The van der Waals surface area contributed by atoms with Gasteiger partial charge in [-0.3, -0.25) is 0 Å². The first-order chi connectivity index (χ1) is 6.77. The molecule has 1 heterocycles. The molecule has 1 N–H and O–H groups in total. The summed E-state index contributed by atoms with van der Waals surface area (Å²) in [5, 5.41) is 8.50. The van der Waals surface area contributed by atoms with Crippen LogP contribution in [0.2, 0.25) is 0 Å². The number of hydrogen-bond acceptors (Lipinski definition) is 4. The zero-order valence-corrected chi connectivity index (χ0v) is 8.56. The molecule has 0 fully saturated rings. The number of aliphatic hydroxyl groups excluding tert-OH is 1. The van der Waals surface area contributed by atoms with Crippen LogP contribution in [0.15, 0.2) is 12.1 Å². The molecule has 1 rings (SSSR count). The van der Waals surface area contributed by atoms with Gasteiger partial charge in [-0.05, 0) is 12.1 Å². The molecule has 0 aromatic carbocycles. The summed E-state index contributed by atoms with van der Waals surface area (Å²) >= 11 is 1.29. The molecule has 4 heteroatoms. The largest absolute Gasteiger partial charge is 0.465 e. The summed E-state index contributed by atoms with van der Waals surface area (Å²) in [6.07, 6.45) is 0.450. The van der Waals surface area contributed by atoms with Gasteiger partial charge in [-0.15, -0.1) is 11.3 Å². The zero-order chi connectivity index (χ0) is 10.4. The Hall–Kier alpha value is -1.31. The number of aliphatic hydroxyl groups is 1. The van der Waals surface area contributed by atoms with Crippen LogP contribution in [0.25, 0.3) is 0 Å². The Morgan fingerprint density at radius 3 is 3.07 bits per heavy atom. The first-order valence-corrected chi connectivity index (χ1v) is 4.87. The Morgan fingerprint density at radius 2 is 2.43 bits per heavy atom. The first kappa shape index (κ1) is 10.8. The maximum Gasteiger partial charge on any atom is 0.348 e. The van der Waals surface area contributed by atoms with Gasteiger partial charge < -0.3 is 9.84 Å². The zero-order valence-electron chi connectivity index (χ0n) is 7.74. The van der Waals surface area contributed by atoms with Gasteiger partial charge in [0.05, 0.1) is 18.6 Å². The summed E-state index contributed by atoms with van der Waals surface area (Å²) in [5.74, 6) is 5.28. The van der Waals surface area contributed by atoms with Crippen LogP contribution in [-0.4, -0.2) is 24.8 Å². The van der Waals surface area contributed by atoms with Gasteiger partial charge in [0, 0.05) is 6.42 Å². The van der Waals surface area contributed by atoms with Crippen molar-refractivity contribution in [1.29, 1.82) is 0 Å². The van der Waals surface area contributed by atoms with Crippen molar-refractivity contribution in [2.24, 2.45) is 0 Å². The molecule has 0 saturated carbocycles. The third-order valence-electron chi connectivity index (χ3n) is 1.44. The Morgan fingerprint density at radius 1 is 1.64 bits per heavy atom. The van der Waals surface area contributed by atoms with Crippen LogP contribution in [0.4, 0.5) is 0 Å². The number of thiophene rings is 1. The van der Waals surface area contributed by atoms with Crippen molar-refractivity contribution >= 4 is 17.3 Å². The number of esters is 1. The summed E-state index contributed by atoms with van der Waals surface area (Å²) in [7, 11) is 1.35. The van der Waals surface area contributed by atoms with Crippen molar-refractivity contribution in [1.82, 2.24) is 0 Å². The normalized spacial score (nSPS) is 9.00. The van der Waals surface area contributed by atoms with Gasteiger partial charge in [0.1, 0.15) is 4.88 Å². The minimum absolute atomic E-state index is 0.0578. The van der Waals surface area contributed by atoms with E-state index in [2.05, 4.69) is 16.6 Å². The molecule has 0 saturated heterocycles. The van der Waals surface area contributed by atoms with Crippen LogP contribution in [-0.2, 0) is 4.74 Å². The lowest BCUT2D eigenvalue weighted by Gasteiger charge is -1.90. The second-order valence-corrected chi connectivity index (χ2v) is 3.51. The fraction of sp³-hybridized carbons (Fsp3) is 0.300. The molecule has 1 aromatic rings. The molecule has 0 atom stereocenters. The van der Waals surface area contributed by atoms with Crippen molar-refractivity contribution in [3.05, 3.63) is 21.9 Å². The molecule has 1 aromatic heterocycles. The van der Waals surface area contributed by atoms with Crippen LogP contribution in [0, 0.1) is 11.8 Å². The lowest BCUT2D eigenvalue weighted by atomic mass is 10.4. The van der Waals surface area contributed by atoms with Gasteiger partial charge in [-0.2, -0.15) is 0 Å². The number of hydrogen-bond donors (Lipinski definition) is 1. The maximum absolute atomic E-state index is 11.1. The topological polar surface area (TPSA) is 46.5 Å². The molecule has 0 aliphatic rings. The summed E-state index contributed by atoms with van der Waals surface area (Å²) < 4.78 is 4.56. The highest BCUT2D eigenvalue weighted by Crippen LogP contribution is 2.15. The molecule has 0 bridgehead atoms. The van der Waals surface area contributed by atoms with Crippen molar-refractivity contribution in [2.75, 3.05) is 13.7 Å². The molecule has 3 nitrogen and oxygen atoms in total. The monoisotopic (exact) mass is 210 g/mol. The van der Waals surface area contributed by atoms with Crippen LogP contribution >= 0.6 is 11.3 Å². The van der Waals surface area contributed by atoms with E-state index < -0.39 is 0 Å². The van der Waals surface area contributed by atoms with E-state index in [-0.39, 0.29) is 12.6 Å². The number of carbonyl (C=O) groups excluding carboxylic acids is 1. The first-order valence-electron chi connectivity index (χ1n) is 4.06. The van der Waals surface area contributed by atoms with Crippen molar-refractivity contribution in [2.45, 2.75) is 6.42 Å². The van der Waals surface area contributed by atoms with Gasteiger partial charge in [0.2, 0.25) is 0 Å². The molecule has 0 spiro atoms. The smallest absolute Gasteiger partial charge is 0.348 e. The van der Waals surface area contributed by atoms with E-state index in [1.807, 2.05) is 0 Å². The molecule has 0 aliphatic heterocycles. The Bertz CT molecular complexity index is 370. The minimum atomic E-state index is -0.342. The molecule has 74 valence electrons. The van der Waals surface area contributed by atoms with E-state index >= 15 is 0 Å². The lowest BCUT2D eigenvalue weighted by molar-refractivity contribution is 0.0606. The Labute approximate surface area is 86.3 Å². The SMILES string of the molecule is COC(=O)c1ccc(C#CCCO)s1. The van der Waals surface area contributed by atoms with Gasteiger partial charge in [0.25, 0.3) is 0 Å². The van der Waals surface area contributed by atoms with Gasteiger partial charge >= 0.3 is 5.97 Å². The van der Waals surface area contributed by atoms with Crippen molar-refractivity contribution < 1.29 is 14.6 Å². The average Bonchev–Trinajstić information content (AvgIpc) is 2.66. The van der Waals surface area contributed by atoms with Gasteiger partial charge in [-0.25, -0.2) is 4.79 Å². The van der Waals surface area contributed by atoms with E-state index in [1.165, 1.54) is 18.4 Å². The van der Waals surface area contributed by atoms with E-state index in [1.54, 1.807) is 12.1 Å². The van der Waals surface area contributed by atoms with Crippen LogP contribution < -0.4 is 0 Å². The van der Waals surface area contributed by atoms with E-state index in [0.29, 0.717) is 11.3 Å². The molecule has 0 unspecified atom stereocenters. The highest BCUT2D eigenvalue weighted by atomic mass is 32.1. The van der Waals surface area contributed by atoms with Crippen molar-refractivity contribution in [3.63, 3.8) is 0 Å². The van der Waals surface area contributed by atoms with Crippen molar-refractivity contribution in [3.8, 4) is 11.8 Å². The third-order valence-corrected chi connectivity index (χ3v) is 2.42. The Balaban J connectivity index is 2.70. The summed E-state index contributed by atoms with van der Waals surface area (Å²) in [6.45, 7) is 0.0578. The standard InChI is InChI=1S/C10H10O3S/c1-13-10(12)9-6-5-8(14-9)4-2-3-7-11/h5-6,11H,3,7H2,1H3. The van der Waals surface area contributed by atoms with Crippen LogP contribution in [0.5, 0.6) is 0 Å². The minimum Gasteiger partial charge on any atom is -0.465 e. The molecule has 14 heavy (non-hydrogen) atoms. The number of carbonyl (C=O) groups is 1. The second-order valence-electron chi connectivity index (χ2n) is 2.43. The predicted octanol–water partition coefficient (Wildman–Crippen LogP) is 1.27. The lowest BCUT2D eigenvalue weighted by Crippen LogP contribution is -1.96. The number of ether oxygens (including phenoxy) is 1. The predicted molar refractivity (Wildman–Crippen MR) is 54.2 cm³/mol. The van der Waals surface area contributed by atoms with E-state index in [0.717, 1.165) is 4.88 Å². The molecule has 0 aliphatic carbocycles. The number of methoxy groups -OCH3 is 1. The second kappa shape index (κ2) is 5.43. The Kier molecular flexibility index (Phi) is 4.17. The van der Waals surface area contributed by atoms with Crippen LogP contribution in [0.3, 0.4) is 0 Å². The summed E-state index contributed by atoms with van der Waals surface area (Å²) in [5.41, 5.74) is 0. The van der Waals surface area contributed by atoms with E-state index in [4.69, 9.17) is 5.11 Å². The third kappa shape index (κ3) is 2.87. The van der Waals surface area contributed by atoms with Crippen LogP contribution in [0.1, 0.15) is 21.0 Å². The highest BCUT2D eigenvalue weighted by molar-refractivity contribution is 7.14. The van der Waals surface area contributed by atoms with Gasteiger partial charge in [0.15, 0.2) is 0 Å². The average molecular weight is 210 g/mol. The maximum atomic E-state index is 11.1. The molecular formula is C10H10O3S. The molecule has 0 radical (unpaired) electrons. The van der Waals surface area contributed by atoms with E-state index in [9.17, 15) is 4.79 Å². The molecule has 0 amide bonds. The molecular weight excluding hydrogens is 200 g/mol. The fourth-order valence-electron chi connectivity index (χ4n) is 0.821. The summed E-state index contributed by atoms with van der Waals surface area (Å²) in [4.78, 5) is 12.4. The fourth-order valence-corrected chi connectivity index (χ4v) is 1.62. The summed E-state index contributed by atoms with van der Waals surface area (Å²) in [6, 6.07) is 3.45. The van der Waals surface area contributed by atoms with Gasteiger partial charge in [-0.1, -0.05) is 11.8 Å².